The topological polar surface area (TPSA) is 49.3 Å². The number of carbonyl (C=O) groups is 1. The van der Waals surface area contributed by atoms with Gasteiger partial charge in [0.05, 0.1) is 13.1 Å². The summed E-state index contributed by atoms with van der Waals surface area (Å²) in [7, 11) is 1.89. The first-order chi connectivity index (χ1) is 8.06. The second-order valence-corrected chi connectivity index (χ2v) is 5.33. The third-order valence-electron chi connectivity index (χ3n) is 2.37. The second kappa shape index (κ2) is 6.88. The van der Waals surface area contributed by atoms with Crippen LogP contribution in [0.1, 0.15) is 18.9 Å². The minimum absolute atomic E-state index is 0.133. The van der Waals surface area contributed by atoms with Crippen LogP contribution in [-0.4, -0.2) is 52.6 Å². The molecule has 0 spiro atoms. The summed E-state index contributed by atoms with van der Waals surface area (Å²) in [5, 5.41) is 8.47. The quantitative estimate of drug-likeness (QED) is 0.790. The van der Waals surface area contributed by atoms with Crippen LogP contribution in [0.5, 0.6) is 0 Å². The summed E-state index contributed by atoms with van der Waals surface area (Å²) >= 11 is 7.04. The molecule has 1 heterocycles. The molecule has 7 heteroatoms. The van der Waals surface area contributed by atoms with Crippen molar-refractivity contribution in [2.24, 2.45) is 0 Å². The molecule has 0 N–H and O–H groups in total. The summed E-state index contributed by atoms with van der Waals surface area (Å²) in [6.45, 7) is 6.43. The van der Waals surface area contributed by atoms with Gasteiger partial charge < -0.3 is 4.90 Å². The van der Waals surface area contributed by atoms with Crippen molar-refractivity contribution in [2.75, 3.05) is 26.7 Å². The van der Waals surface area contributed by atoms with E-state index in [1.807, 2.05) is 30.7 Å². The molecule has 96 valence electrons. The third kappa shape index (κ3) is 4.57. The Bertz CT molecular complexity index is 367. The zero-order chi connectivity index (χ0) is 12.8. The van der Waals surface area contributed by atoms with Crippen LogP contribution in [0.4, 0.5) is 0 Å². The van der Waals surface area contributed by atoms with Crippen LogP contribution in [0.2, 0.25) is 4.47 Å². The highest BCUT2D eigenvalue weighted by Gasteiger charge is 2.13. The van der Waals surface area contributed by atoms with Crippen molar-refractivity contribution >= 4 is 28.8 Å². The monoisotopic (exact) mass is 276 g/mol. The molecule has 0 atom stereocenters. The molecule has 0 aliphatic rings. The maximum atomic E-state index is 11.8. The van der Waals surface area contributed by atoms with Crippen molar-refractivity contribution in [2.45, 2.75) is 20.4 Å². The Morgan fingerprint density at radius 2 is 2.00 bits per heavy atom. The number of rotatable bonds is 6. The average Bonchev–Trinajstić information content (AvgIpc) is 2.65. The van der Waals surface area contributed by atoms with Gasteiger partial charge in [0.15, 0.2) is 0 Å². The van der Waals surface area contributed by atoms with Gasteiger partial charge in [0.1, 0.15) is 5.01 Å². The Morgan fingerprint density at radius 1 is 1.35 bits per heavy atom. The lowest BCUT2D eigenvalue weighted by Crippen LogP contribution is -2.38. The van der Waals surface area contributed by atoms with Gasteiger partial charge in [0.2, 0.25) is 10.4 Å². The highest BCUT2D eigenvalue weighted by atomic mass is 35.5. The fourth-order valence-corrected chi connectivity index (χ4v) is 2.44. The molecule has 0 bridgehead atoms. The number of hydrogen-bond acceptors (Lipinski definition) is 5. The van der Waals surface area contributed by atoms with E-state index in [2.05, 4.69) is 10.2 Å². The van der Waals surface area contributed by atoms with Gasteiger partial charge in [-0.3, -0.25) is 9.69 Å². The van der Waals surface area contributed by atoms with Crippen LogP contribution in [0.3, 0.4) is 0 Å². The zero-order valence-electron chi connectivity index (χ0n) is 10.3. The number of carbonyl (C=O) groups excluding carboxylic acids is 1. The molecule has 0 aromatic carbocycles. The Hall–Kier alpha value is -0.720. The van der Waals surface area contributed by atoms with Crippen LogP contribution in [0.25, 0.3) is 0 Å². The van der Waals surface area contributed by atoms with Crippen molar-refractivity contribution in [3.8, 4) is 0 Å². The summed E-state index contributed by atoms with van der Waals surface area (Å²) in [6.07, 6.45) is 0. The van der Waals surface area contributed by atoms with Crippen molar-refractivity contribution in [3.63, 3.8) is 0 Å². The highest BCUT2D eigenvalue weighted by Crippen LogP contribution is 2.15. The van der Waals surface area contributed by atoms with Crippen LogP contribution in [0.15, 0.2) is 0 Å². The maximum Gasteiger partial charge on any atom is 0.236 e. The van der Waals surface area contributed by atoms with E-state index in [0.29, 0.717) is 17.6 Å². The van der Waals surface area contributed by atoms with E-state index in [4.69, 9.17) is 11.6 Å². The third-order valence-corrected chi connectivity index (χ3v) is 3.37. The van der Waals surface area contributed by atoms with E-state index in [9.17, 15) is 4.79 Å². The highest BCUT2D eigenvalue weighted by molar-refractivity contribution is 7.15. The van der Waals surface area contributed by atoms with Gasteiger partial charge in [0.25, 0.3) is 0 Å². The van der Waals surface area contributed by atoms with Gasteiger partial charge in [-0.25, -0.2) is 0 Å². The van der Waals surface area contributed by atoms with Crippen LogP contribution in [-0.2, 0) is 11.3 Å². The normalized spacial score (nSPS) is 10.9. The molecular weight excluding hydrogens is 260 g/mol. The standard InChI is InChI=1S/C10H17ClN4OS/c1-4-15(5-2)9(16)7-14(3)6-8-12-13-10(11)17-8/h4-7H2,1-3H3. The lowest BCUT2D eigenvalue weighted by atomic mass is 10.4. The Morgan fingerprint density at radius 3 is 2.47 bits per heavy atom. The predicted octanol–water partition coefficient (Wildman–Crippen LogP) is 1.49. The van der Waals surface area contributed by atoms with E-state index < -0.39 is 0 Å². The average molecular weight is 277 g/mol. The largest absolute Gasteiger partial charge is 0.342 e. The minimum atomic E-state index is 0.133. The van der Waals surface area contributed by atoms with E-state index in [1.165, 1.54) is 11.3 Å². The number of likely N-dealkylation sites (N-methyl/N-ethyl adjacent to an activating group) is 2. The summed E-state index contributed by atoms with van der Waals surface area (Å²) in [6, 6.07) is 0. The molecule has 0 saturated carbocycles. The fourth-order valence-electron chi connectivity index (χ4n) is 1.49. The van der Waals surface area contributed by atoms with Crippen LogP contribution in [0, 0.1) is 0 Å². The first kappa shape index (κ1) is 14.3. The molecule has 1 aromatic heterocycles. The molecule has 0 saturated heterocycles. The van der Waals surface area contributed by atoms with Crippen LogP contribution >= 0.6 is 22.9 Å². The summed E-state index contributed by atoms with van der Waals surface area (Å²) in [5.41, 5.74) is 0. The van der Waals surface area contributed by atoms with Gasteiger partial charge in [-0.2, -0.15) is 0 Å². The molecule has 0 aliphatic heterocycles. The molecule has 1 amide bonds. The maximum absolute atomic E-state index is 11.8. The van der Waals surface area contributed by atoms with E-state index >= 15 is 0 Å². The summed E-state index contributed by atoms with van der Waals surface area (Å²) in [5.74, 6) is 0.133. The lowest BCUT2D eigenvalue weighted by Gasteiger charge is -2.22. The van der Waals surface area contributed by atoms with Crippen molar-refractivity contribution in [1.82, 2.24) is 20.0 Å². The zero-order valence-corrected chi connectivity index (χ0v) is 11.9. The Kier molecular flexibility index (Phi) is 5.80. The molecular formula is C10H17ClN4OS. The SMILES string of the molecule is CCN(CC)C(=O)CN(C)Cc1nnc(Cl)s1. The first-order valence-corrected chi connectivity index (χ1v) is 6.70. The molecule has 0 fully saturated rings. The summed E-state index contributed by atoms with van der Waals surface area (Å²) in [4.78, 5) is 15.6. The number of halogens is 1. The molecule has 17 heavy (non-hydrogen) atoms. The fraction of sp³-hybridized carbons (Fsp3) is 0.700. The molecule has 0 aliphatic carbocycles. The van der Waals surface area contributed by atoms with E-state index in [-0.39, 0.29) is 5.91 Å². The number of hydrogen-bond donors (Lipinski definition) is 0. The van der Waals surface area contributed by atoms with Crippen molar-refractivity contribution in [3.05, 3.63) is 9.47 Å². The summed E-state index contributed by atoms with van der Waals surface area (Å²) < 4.78 is 0.434. The molecule has 1 rings (SSSR count). The van der Waals surface area contributed by atoms with Crippen molar-refractivity contribution in [1.29, 1.82) is 0 Å². The van der Waals surface area contributed by atoms with Crippen LogP contribution < -0.4 is 0 Å². The molecule has 5 nitrogen and oxygen atoms in total. The van der Waals surface area contributed by atoms with Gasteiger partial charge in [-0.05, 0) is 32.5 Å². The molecule has 0 unspecified atom stereocenters. The number of nitrogens with zero attached hydrogens (tertiary/aromatic N) is 4. The smallest absolute Gasteiger partial charge is 0.236 e. The lowest BCUT2D eigenvalue weighted by molar-refractivity contribution is -0.131. The molecule has 0 radical (unpaired) electrons. The first-order valence-electron chi connectivity index (χ1n) is 5.51. The van der Waals surface area contributed by atoms with Gasteiger partial charge in [-0.1, -0.05) is 11.3 Å². The number of aromatic nitrogens is 2. The van der Waals surface area contributed by atoms with Gasteiger partial charge in [-0.15, -0.1) is 10.2 Å². The minimum Gasteiger partial charge on any atom is -0.342 e. The van der Waals surface area contributed by atoms with E-state index in [1.54, 1.807) is 0 Å². The van der Waals surface area contributed by atoms with Crippen molar-refractivity contribution < 1.29 is 4.79 Å². The Labute approximate surface area is 110 Å². The van der Waals surface area contributed by atoms with Gasteiger partial charge >= 0.3 is 0 Å². The number of amides is 1. The predicted molar refractivity (Wildman–Crippen MR) is 69.2 cm³/mol. The van der Waals surface area contributed by atoms with E-state index in [0.717, 1.165) is 18.1 Å². The molecule has 1 aromatic rings. The Balaban J connectivity index is 2.44. The second-order valence-electron chi connectivity index (χ2n) is 3.69. The van der Waals surface area contributed by atoms with Gasteiger partial charge in [0, 0.05) is 13.1 Å².